The van der Waals surface area contributed by atoms with Crippen molar-refractivity contribution in [3.8, 4) is 0 Å². The van der Waals surface area contributed by atoms with Crippen molar-refractivity contribution in [3.05, 3.63) is 66.1 Å². The summed E-state index contributed by atoms with van der Waals surface area (Å²) in [7, 11) is 0. The van der Waals surface area contributed by atoms with E-state index in [1.807, 2.05) is 0 Å². The summed E-state index contributed by atoms with van der Waals surface area (Å²) in [5.41, 5.74) is 0.993. The minimum Gasteiger partial charge on any atom is -0.467 e. The molecule has 5 rings (SSSR count). The Hall–Kier alpha value is -3.15. The predicted molar refractivity (Wildman–Crippen MR) is 96.5 cm³/mol. The minimum atomic E-state index is -0.240. The van der Waals surface area contributed by atoms with Crippen LogP contribution in [0.1, 0.15) is 22.5 Å². The number of rotatable bonds is 4. The zero-order valence-electron chi connectivity index (χ0n) is 14.5. The molecule has 136 valence electrons. The second-order valence-corrected chi connectivity index (χ2v) is 7.32. The molecule has 2 heterocycles. The molecule has 27 heavy (non-hydrogen) atoms. The van der Waals surface area contributed by atoms with Gasteiger partial charge in [0.1, 0.15) is 5.76 Å². The quantitative estimate of drug-likeness (QED) is 0.670. The van der Waals surface area contributed by atoms with Gasteiger partial charge in [0, 0.05) is 5.56 Å². The number of imide groups is 1. The standard InChI is InChI=1S/C21H18N2O4/c24-19(22-11-16-2-1-9-27-16)12-5-7-15(8-6-12)23-20(25)17-13-3-4-14(10-13)18(17)21(23)26/h1-9,13-14,17-18H,10-11H2,(H,22,24)/t13-,14-,17-,18+/m0/s1. The summed E-state index contributed by atoms with van der Waals surface area (Å²) in [5, 5.41) is 2.77. The number of allylic oxidation sites excluding steroid dienone is 2. The fraction of sp³-hybridized carbons (Fsp3) is 0.286. The zero-order chi connectivity index (χ0) is 18.5. The van der Waals surface area contributed by atoms with E-state index < -0.39 is 0 Å². The Morgan fingerprint density at radius 1 is 1.04 bits per heavy atom. The van der Waals surface area contributed by atoms with E-state index in [-0.39, 0.29) is 41.4 Å². The number of hydrogen-bond acceptors (Lipinski definition) is 4. The van der Waals surface area contributed by atoms with Crippen molar-refractivity contribution >= 4 is 23.4 Å². The van der Waals surface area contributed by atoms with E-state index in [0.717, 1.165) is 6.42 Å². The average molecular weight is 362 g/mol. The summed E-state index contributed by atoms with van der Waals surface area (Å²) in [4.78, 5) is 39.2. The Morgan fingerprint density at radius 3 is 2.30 bits per heavy atom. The van der Waals surface area contributed by atoms with Crippen molar-refractivity contribution in [1.29, 1.82) is 0 Å². The number of benzene rings is 1. The van der Waals surface area contributed by atoms with Gasteiger partial charge in [0.05, 0.1) is 30.3 Å². The zero-order valence-corrected chi connectivity index (χ0v) is 14.5. The molecule has 4 atom stereocenters. The summed E-state index contributed by atoms with van der Waals surface area (Å²) in [5.74, 6) is 0.140. The van der Waals surface area contributed by atoms with Gasteiger partial charge < -0.3 is 9.73 Å². The van der Waals surface area contributed by atoms with E-state index in [4.69, 9.17) is 4.42 Å². The van der Waals surface area contributed by atoms with Crippen LogP contribution >= 0.6 is 0 Å². The highest BCUT2D eigenvalue weighted by Gasteiger charge is 2.59. The molecule has 6 heteroatoms. The topological polar surface area (TPSA) is 79.6 Å². The molecule has 2 bridgehead atoms. The number of nitrogens with zero attached hydrogens (tertiary/aromatic N) is 1. The minimum absolute atomic E-state index is 0.114. The second-order valence-electron chi connectivity index (χ2n) is 7.32. The maximum absolute atomic E-state index is 12.8. The van der Waals surface area contributed by atoms with Gasteiger partial charge in [0.25, 0.3) is 5.91 Å². The maximum atomic E-state index is 12.8. The third-order valence-electron chi connectivity index (χ3n) is 5.86. The Bertz CT molecular complexity index is 915. The number of fused-ring (bicyclic) bond motifs is 5. The van der Waals surface area contributed by atoms with Crippen molar-refractivity contribution in [2.45, 2.75) is 13.0 Å². The first-order valence-electron chi connectivity index (χ1n) is 9.10. The summed E-state index contributed by atoms with van der Waals surface area (Å²) in [6.07, 6.45) is 6.62. The third kappa shape index (κ3) is 2.44. The molecular formula is C21H18N2O4. The van der Waals surface area contributed by atoms with Crippen LogP contribution < -0.4 is 10.2 Å². The molecule has 6 nitrogen and oxygen atoms in total. The molecular weight excluding hydrogens is 344 g/mol. The van der Waals surface area contributed by atoms with Gasteiger partial charge in [0.2, 0.25) is 11.8 Å². The van der Waals surface area contributed by atoms with Crippen LogP contribution in [-0.2, 0) is 16.1 Å². The highest BCUT2D eigenvalue weighted by molar-refractivity contribution is 6.22. The molecule has 1 aromatic carbocycles. The Morgan fingerprint density at radius 2 is 1.70 bits per heavy atom. The molecule has 0 unspecified atom stereocenters. The van der Waals surface area contributed by atoms with Gasteiger partial charge in [-0.3, -0.25) is 19.3 Å². The largest absolute Gasteiger partial charge is 0.467 e. The van der Waals surface area contributed by atoms with Crippen LogP contribution in [0.2, 0.25) is 0 Å². The number of carbonyl (C=O) groups excluding carboxylic acids is 3. The number of hydrogen-bond donors (Lipinski definition) is 1. The monoisotopic (exact) mass is 362 g/mol. The predicted octanol–water partition coefficient (Wildman–Crippen LogP) is 2.52. The van der Waals surface area contributed by atoms with Crippen molar-refractivity contribution < 1.29 is 18.8 Å². The molecule has 2 aliphatic carbocycles. The molecule has 3 aliphatic rings. The fourth-order valence-corrected chi connectivity index (χ4v) is 4.60. The molecule has 1 aliphatic heterocycles. The van der Waals surface area contributed by atoms with Gasteiger partial charge in [-0.15, -0.1) is 0 Å². The maximum Gasteiger partial charge on any atom is 0.251 e. The first kappa shape index (κ1) is 16.1. The number of nitrogens with one attached hydrogen (secondary N) is 1. The molecule has 2 aromatic rings. The lowest BCUT2D eigenvalue weighted by Crippen LogP contribution is -2.32. The second kappa shape index (κ2) is 5.94. The summed E-state index contributed by atoms with van der Waals surface area (Å²) in [6.45, 7) is 0.301. The SMILES string of the molecule is O=C(NCc1ccco1)c1ccc(N2C(=O)[C@@H]3[C@H](C2=O)[C@H]2C=C[C@H]3C2)cc1. The molecule has 1 aromatic heterocycles. The fourth-order valence-electron chi connectivity index (χ4n) is 4.60. The first-order valence-corrected chi connectivity index (χ1v) is 9.10. The van der Waals surface area contributed by atoms with Gasteiger partial charge in [-0.25, -0.2) is 0 Å². The molecule has 1 saturated heterocycles. The molecule has 2 fully saturated rings. The Balaban J connectivity index is 1.31. The molecule has 1 N–H and O–H groups in total. The number of furan rings is 1. The lowest BCUT2D eigenvalue weighted by atomic mass is 9.85. The van der Waals surface area contributed by atoms with Crippen LogP contribution in [0.3, 0.4) is 0 Å². The van der Waals surface area contributed by atoms with Crippen LogP contribution in [0.4, 0.5) is 5.69 Å². The van der Waals surface area contributed by atoms with E-state index >= 15 is 0 Å². The van der Waals surface area contributed by atoms with Crippen molar-refractivity contribution in [3.63, 3.8) is 0 Å². The Kier molecular flexibility index (Phi) is 3.53. The van der Waals surface area contributed by atoms with Gasteiger partial charge in [-0.05, 0) is 54.7 Å². The van der Waals surface area contributed by atoms with E-state index in [2.05, 4.69) is 17.5 Å². The molecule has 0 spiro atoms. The number of carbonyl (C=O) groups is 3. The summed E-state index contributed by atoms with van der Waals surface area (Å²) < 4.78 is 5.19. The van der Waals surface area contributed by atoms with E-state index in [1.54, 1.807) is 42.7 Å². The summed E-state index contributed by atoms with van der Waals surface area (Å²) >= 11 is 0. The lowest BCUT2D eigenvalue weighted by molar-refractivity contribution is -0.123. The van der Waals surface area contributed by atoms with Crippen LogP contribution in [0.5, 0.6) is 0 Å². The average Bonchev–Trinajstić information content (AvgIpc) is 3.45. The third-order valence-corrected chi connectivity index (χ3v) is 5.86. The molecule has 1 saturated carbocycles. The van der Waals surface area contributed by atoms with Crippen LogP contribution in [0, 0.1) is 23.7 Å². The van der Waals surface area contributed by atoms with Crippen molar-refractivity contribution in [2.75, 3.05) is 4.90 Å². The molecule has 3 amide bonds. The van der Waals surface area contributed by atoms with E-state index in [1.165, 1.54) is 4.90 Å². The normalized spacial score (nSPS) is 28.1. The lowest BCUT2D eigenvalue weighted by Gasteiger charge is -2.17. The highest BCUT2D eigenvalue weighted by atomic mass is 16.3. The van der Waals surface area contributed by atoms with Gasteiger partial charge in [-0.1, -0.05) is 12.2 Å². The van der Waals surface area contributed by atoms with Crippen LogP contribution in [0.15, 0.2) is 59.2 Å². The highest BCUT2D eigenvalue weighted by Crippen LogP contribution is 2.53. The van der Waals surface area contributed by atoms with Gasteiger partial charge in [0.15, 0.2) is 0 Å². The first-order chi connectivity index (χ1) is 13.1. The van der Waals surface area contributed by atoms with Gasteiger partial charge in [-0.2, -0.15) is 0 Å². The van der Waals surface area contributed by atoms with E-state index in [9.17, 15) is 14.4 Å². The molecule has 0 radical (unpaired) electrons. The smallest absolute Gasteiger partial charge is 0.251 e. The van der Waals surface area contributed by atoms with Crippen molar-refractivity contribution in [1.82, 2.24) is 5.32 Å². The van der Waals surface area contributed by atoms with Gasteiger partial charge >= 0.3 is 0 Å². The number of amides is 3. The van der Waals surface area contributed by atoms with Crippen LogP contribution in [0.25, 0.3) is 0 Å². The summed E-state index contributed by atoms with van der Waals surface area (Å²) in [6, 6.07) is 10.1. The van der Waals surface area contributed by atoms with Crippen molar-refractivity contribution in [2.24, 2.45) is 23.7 Å². The van der Waals surface area contributed by atoms with Crippen LogP contribution in [-0.4, -0.2) is 17.7 Å². The van der Waals surface area contributed by atoms with E-state index in [0.29, 0.717) is 23.6 Å². The Labute approximate surface area is 155 Å². The number of anilines is 1.